The summed E-state index contributed by atoms with van der Waals surface area (Å²) in [5.74, 6) is 0.631. The number of hydrogen-bond acceptors (Lipinski definition) is 2. The van der Waals surface area contributed by atoms with Gasteiger partial charge in [-0.25, -0.2) is 4.21 Å². The second-order valence-electron chi connectivity index (χ2n) is 5.65. The summed E-state index contributed by atoms with van der Waals surface area (Å²) >= 11 is 0. The highest BCUT2D eigenvalue weighted by molar-refractivity contribution is 7.89. The van der Waals surface area contributed by atoms with Gasteiger partial charge in [0.25, 0.3) is 0 Å². The quantitative estimate of drug-likeness (QED) is 0.859. The van der Waals surface area contributed by atoms with Gasteiger partial charge in [-0.1, -0.05) is 38.5 Å². The van der Waals surface area contributed by atoms with Crippen molar-refractivity contribution in [2.75, 3.05) is 0 Å². The largest absolute Gasteiger partial charge is 0.389 e. The molecule has 112 valence electrons. The summed E-state index contributed by atoms with van der Waals surface area (Å²) in [4.78, 5) is 1.66. The van der Waals surface area contributed by atoms with Crippen molar-refractivity contribution in [3.05, 3.63) is 40.8 Å². The standard InChI is InChI=1S/C17H26O2S/c1-6-16(12(2)3)17(11-14(5)18)20(19)15-9-7-13(4)8-10-15/h7-12,14,16,18H,6H2,1-5H3/b17-11-/t14-,16-,20?/m1/s1. The van der Waals surface area contributed by atoms with Gasteiger partial charge < -0.3 is 5.11 Å². The van der Waals surface area contributed by atoms with Gasteiger partial charge >= 0.3 is 0 Å². The molecule has 0 aliphatic carbocycles. The second-order valence-corrected chi connectivity index (χ2v) is 7.13. The topological polar surface area (TPSA) is 37.3 Å². The Morgan fingerprint density at radius 1 is 1.25 bits per heavy atom. The SMILES string of the molecule is CC[C@@H](/C(=C/[C@@H](C)O)S(=O)c1ccc(C)cc1)C(C)C. The summed E-state index contributed by atoms with van der Waals surface area (Å²) in [7, 11) is -1.20. The Morgan fingerprint density at radius 3 is 2.20 bits per heavy atom. The molecule has 3 atom stereocenters. The first-order chi connectivity index (χ1) is 9.36. The lowest BCUT2D eigenvalue weighted by atomic mass is 9.92. The Labute approximate surface area is 125 Å². The van der Waals surface area contributed by atoms with Crippen molar-refractivity contribution in [1.82, 2.24) is 0 Å². The first kappa shape index (κ1) is 17.1. The highest BCUT2D eigenvalue weighted by Gasteiger charge is 2.23. The van der Waals surface area contributed by atoms with Gasteiger partial charge in [0.15, 0.2) is 0 Å². The molecule has 3 heteroatoms. The van der Waals surface area contributed by atoms with Crippen molar-refractivity contribution in [3.63, 3.8) is 0 Å². The van der Waals surface area contributed by atoms with Crippen molar-refractivity contribution in [3.8, 4) is 0 Å². The summed E-state index contributed by atoms with van der Waals surface area (Å²) in [6.07, 6.45) is 2.10. The zero-order chi connectivity index (χ0) is 15.3. The lowest BCUT2D eigenvalue weighted by Gasteiger charge is -2.23. The number of rotatable bonds is 6. The maximum Gasteiger partial charge on any atom is 0.0809 e. The zero-order valence-corrected chi connectivity index (χ0v) is 13.9. The molecule has 0 fully saturated rings. The maximum absolute atomic E-state index is 12.8. The minimum Gasteiger partial charge on any atom is -0.389 e. The van der Waals surface area contributed by atoms with Crippen LogP contribution in [0.5, 0.6) is 0 Å². The molecule has 1 aromatic rings. The lowest BCUT2D eigenvalue weighted by Crippen LogP contribution is -2.16. The molecule has 0 spiro atoms. The van der Waals surface area contributed by atoms with Crippen LogP contribution in [0.3, 0.4) is 0 Å². The van der Waals surface area contributed by atoms with Gasteiger partial charge in [-0.2, -0.15) is 0 Å². The van der Waals surface area contributed by atoms with Gasteiger partial charge in [-0.15, -0.1) is 0 Å². The van der Waals surface area contributed by atoms with Crippen molar-refractivity contribution in [2.45, 2.75) is 52.0 Å². The van der Waals surface area contributed by atoms with Crippen LogP contribution in [0.1, 0.15) is 39.7 Å². The van der Waals surface area contributed by atoms with Crippen molar-refractivity contribution >= 4 is 10.8 Å². The summed E-state index contributed by atoms with van der Waals surface area (Å²) in [6.45, 7) is 10.1. The fraction of sp³-hybridized carbons (Fsp3) is 0.529. The van der Waals surface area contributed by atoms with E-state index in [0.717, 1.165) is 21.8 Å². The smallest absolute Gasteiger partial charge is 0.0809 e. The minimum atomic E-state index is -1.20. The summed E-state index contributed by atoms with van der Waals surface area (Å²) in [5.41, 5.74) is 1.16. The molecule has 0 amide bonds. The Morgan fingerprint density at radius 2 is 1.80 bits per heavy atom. The van der Waals surface area contributed by atoms with Gasteiger partial charge in [0, 0.05) is 9.80 Å². The van der Waals surface area contributed by atoms with Crippen LogP contribution in [0, 0.1) is 18.8 Å². The van der Waals surface area contributed by atoms with E-state index in [1.807, 2.05) is 31.2 Å². The number of aryl methyl sites for hydroxylation is 1. The average molecular weight is 294 g/mol. The molecule has 0 radical (unpaired) electrons. The zero-order valence-electron chi connectivity index (χ0n) is 13.1. The van der Waals surface area contributed by atoms with E-state index in [4.69, 9.17) is 0 Å². The van der Waals surface area contributed by atoms with E-state index in [2.05, 4.69) is 20.8 Å². The Hall–Kier alpha value is -0.930. The molecule has 2 nitrogen and oxygen atoms in total. The van der Waals surface area contributed by atoms with Gasteiger partial charge in [-0.3, -0.25) is 0 Å². The van der Waals surface area contributed by atoms with Crippen molar-refractivity contribution < 1.29 is 9.32 Å². The molecule has 1 aromatic carbocycles. The summed E-state index contributed by atoms with van der Waals surface area (Å²) in [6, 6.07) is 7.77. The van der Waals surface area contributed by atoms with Gasteiger partial charge in [0.2, 0.25) is 0 Å². The van der Waals surface area contributed by atoms with Crippen LogP contribution < -0.4 is 0 Å². The molecule has 0 aliphatic heterocycles. The number of benzene rings is 1. The maximum atomic E-state index is 12.8. The normalized spacial score (nSPS) is 17.1. The number of aliphatic hydroxyl groups excluding tert-OH is 1. The molecule has 0 heterocycles. The highest BCUT2D eigenvalue weighted by atomic mass is 32.2. The molecule has 0 aliphatic rings. The molecular weight excluding hydrogens is 268 g/mol. The highest BCUT2D eigenvalue weighted by Crippen LogP contribution is 2.30. The van der Waals surface area contributed by atoms with E-state index in [1.165, 1.54) is 0 Å². The van der Waals surface area contributed by atoms with E-state index < -0.39 is 16.9 Å². The van der Waals surface area contributed by atoms with E-state index in [0.29, 0.717) is 5.92 Å². The number of allylic oxidation sites excluding steroid dienone is 1. The van der Waals surface area contributed by atoms with Gasteiger partial charge in [-0.05, 0) is 50.3 Å². The molecule has 1 unspecified atom stereocenters. The van der Waals surface area contributed by atoms with Crippen LogP contribution in [0.4, 0.5) is 0 Å². The fourth-order valence-corrected chi connectivity index (χ4v) is 4.05. The molecule has 20 heavy (non-hydrogen) atoms. The van der Waals surface area contributed by atoms with Crippen molar-refractivity contribution in [1.29, 1.82) is 0 Å². The fourth-order valence-electron chi connectivity index (χ4n) is 2.36. The first-order valence-electron chi connectivity index (χ1n) is 7.25. The van der Waals surface area contributed by atoms with Crippen LogP contribution in [-0.2, 0) is 10.8 Å². The Kier molecular flexibility index (Phi) is 6.63. The predicted molar refractivity (Wildman–Crippen MR) is 86.0 cm³/mol. The summed E-state index contributed by atoms with van der Waals surface area (Å²) in [5, 5.41) is 9.68. The average Bonchev–Trinajstić information content (AvgIpc) is 2.37. The Balaban J connectivity index is 3.17. The lowest BCUT2D eigenvalue weighted by molar-refractivity contribution is 0.242. The van der Waals surface area contributed by atoms with Crippen LogP contribution in [-0.4, -0.2) is 15.4 Å². The third-order valence-electron chi connectivity index (χ3n) is 3.46. The second kappa shape index (κ2) is 7.75. The van der Waals surface area contributed by atoms with E-state index in [1.54, 1.807) is 13.0 Å². The van der Waals surface area contributed by atoms with E-state index in [-0.39, 0.29) is 5.92 Å². The first-order valence-corrected chi connectivity index (χ1v) is 8.40. The number of hydrogen-bond donors (Lipinski definition) is 1. The van der Waals surface area contributed by atoms with Gasteiger partial charge in [0.1, 0.15) is 0 Å². The molecule has 1 N–H and O–H groups in total. The number of aliphatic hydroxyl groups is 1. The van der Waals surface area contributed by atoms with Crippen LogP contribution in [0.25, 0.3) is 0 Å². The summed E-state index contributed by atoms with van der Waals surface area (Å²) < 4.78 is 12.8. The third kappa shape index (κ3) is 4.57. The predicted octanol–water partition coefficient (Wildman–Crippen LogP) is 4.05. The minimum absolute atomic E-state index is 0.228. The van der Waals surface area contributed by atoms with Crippen LogP contribution >= 0.6 is 0 Å². The van der Waals surface area contributed by atoms with Crippen molar-refractivity contribution in [2.24, 2.45) is 11.8 Å². The molecule has 0 saturated carbocycles. The molecule has 0 saturated heterocycles. The molecule has 0 bridgehead atoms. The van der Waals surface area contributed by atoms with Gasteiger partial charge in [0.05, 0.1) is 16.9 Å². The Bertz CT molecular complexity index is 472. The monoisotopic (exact) mass is 294 g/mol. The van der Waals surface area contributed by atoms with E-state index >= 15 is 0 Å². The van der Waals surface area contributed by atoms with Crippen LogP contribution in [0.15, 0.2) is 40.1 Å². The van der Waals surface area contributed by atoms with Crippen LogP contribution in [0.2, 0.25) is 0 Å². The third-order valence-corrected chi connectivity index (χ3v) is 5.03. The van der Waals surface area contributed by atoms with E-state index in [9.17, 15) is 9.32 Å². The molecule has 0 aromatic heterocycles. The molecule has 1 rings (SSSR count). The molecular formula is C17H26O2S.